The molecule has 1 aromatic rings. The van der Waals surface area contributed by atoms with Crippen molar-refractivity contribution in [3.8, 4) is 0 Å². The van der Waals surface area contributed by atoms with E-state index in [0.29, 0.717) is 15.6 Å². The predicted molar refractivity (Wildman–Crippen MR) is 79.9 cm³/mol. The largest absolute Gasteiger partial charge is 0.481 e. The number of carbonyl (C=O) groups excluding carboxylic acids is 1. The number of aliphatic carboxylic acids is 1. The molecule has 0 aliphatic heterocycles. The van der Waals surface area contributed by atoms with Crippen molar-refractivity contribution < 1.29 is 14.7 Å². The van der Waals surface area contributed by atoms with E-state index in [0.717, 1.165) is 0 Å². The normalized spacial score (nSPS) is 11.6. The highest BCUT2D eigenvalue weighted by atomic mass is 35.5. The molecule has 0 unspecified atom stereocenters. The molecule has 0 fully saturated rings. The molecule has 4 nitrogen and oxygen atoms in total. The zero-order valence-corrected chi connectivity index (χ0v) is 12.6. The molecule has 0 aliphatic carbocycles. The Bertz CT molecular complexity index is 553. The summed E-state index contributed by atoms with van der Waals surface area (Å²) in [6.07, 6.45) is 2.84. The van der Waals surface area contributed by atoms with E-state index < -0.39 is 11.4 Å². The number of benzene rings is 1. The van der Waals surface area contributed by atoms with Gasteiger partial charge < -0.3 is 10.4 Å². The second kappa shape index (κ2) is 6.77. The van der Waals surface area contributed by atoms with Crippen molar-refractivity contribution >= 4 is 41.2 Å². The van der Waals surface area contributed by atoms with Gasteiger partial charge in [-0.05, 0) is 37.6 Å². The van der Waals surface area contributed by atoms with E-state index in [1.54, 1.807) is 24.3 Å². The molecular weight excluding hydrogens is 301 g/mol. The standard InChI is InChI=1S/C14H15Cl2NO3/c1-14(2,13(19)20)8-17-12(18)6-4-9-3-5-10(15)7-11(9)16/h3-7H,8H2,1-2H3,(H,17,18)(H,19,20)/b6-4+. The Balaban J connectivity index is 2.62. The van der Waals surface area contributed by atoms with E-state index in [1.165, 1.54) is 19.9 Å². The van der Waals surface area contributed by atoms with Crippen molar-refractivity contribution in [1.82, 2.24) is 5.32 Å². The van der Waals surface area contributed by atoms with Gasteiger partial charge in [0, 0.05) is 22.7 Å². The van der Waals surface area contributed by atoms with Gasteiger partial charge in [0.05, 0.1) is 5.41 Å². The maximum absolute atomic E-state index is 11.6. The number of carboxylic acids is 1. The van der Waals surface area contributed by atoms with E-state index in [1.807, 2.05) is 0 Å². The minimum Gasteiger partial charge on any atom is -0.481 e. The quantitative estimate of drug-likeness (QED) is 0.820. The van der Waals surface area contributed by atoms with Gasteiger partial charge in [-0.2, -0.15) is 0 Å². The van der Waals surface area contributed by atoms with E-state index in [9.17, 15) is 9.59 Å². The van der Waals surface area contributed by atoms with Gasteiger partial charge in [0.1, 0.15) is 0 Å². The van der Waals surface area contributed by atoms with Crippen LogP contribution >= 0.6 is 23.2 Å². The monoisotopic (exact) mass is 315 g/mol. The van der Waals surface area contributed by atoms with E-state index in [2.05, 4.69) is 5.32 Å². The van der Waals surface area contributed by atoms with Crippen LogP contribution in [0.1, 0.15) is 19.4 Å². The molecule has 108 valence electrons. The fourth-order valence-electron chi connectivity index (χ4n) is 1.24. The lowest BCUT2D eigenvalue weighted by Gasteiger charge is -2.18. The van der Waals surface area contributed by atoms with Crippen LogP contribution in [0.3, 0.4) is 0 Å². The molecule has 20 heavy (non-hydrogen) atoms. The topological polar surface area (TPSA) is 66.4 Å². The smallest absolute Gasteiger partial charge is 0.310 e. The first kappa shape index (κ1) is 16.5. The van der Waals surface area contributed by atoms with Crippen LogP contribution in [0, 0.1) is 5.41 Å². The minimum atomic E-state index is -1.01. The highest BCUT2D eigenvalue weighted by Crippen LogP contribution is 2.21. The number of rotatable bonds is 5. The first-order valence-electron chi connectivity index (χ1n) is 5.87. The van der Waals surface area contributed by atoms with Crippen molar-refractivity contribution in [2.24, 2.45) is 5.41 Å². The van der Waals surface area contributed by atoms with Crippen molar-refractivity contribution in [1.29, 1.82) is 0 Å². The maximum atomic E-state index is 11.6. The predicted octanol–water partition coefficient (Wildman–Crippen LogP) is 3.23. The van der Waals surface area contributed by atoms with Gasteiger partial charge in [0.15, 0.2) is 0 Å². The van der Waals surface area contributed by atoms with E-state index in [4.69, 9.17) is 28.3 Å². The SMILES string of the molecule is CC(C)(CNC(=O)/C=C/c1ccc(Cl)cc1Cl)C(=O)O. The summed E-state index contributed by atoms with van der Waals surface area (Å²) in [7, 11) is 0. The Labute approximate surface area is 127 Å². The molecule has 1 aromatic carbocycles. The Morgan fingerprint density at radius 3 is 2.55 bits per heavy atom. The van der Waals surface area contributed by atoms with Gasteiger partial charge in [0.2, 0.25) is 5.91 Å². The second-order valence-electron chi connectivity index (χ2n) is 4.91. The lowest BCUT2D eigenvalue weighted by Crippen LogP contribution is -2.38. The summed E-state index contributed by atoms with van der Waals surface area (Å²) in [5.74, 6) is -1.35. The molecule has 0 saturated carbocycles. The Morgan fingerprint density at radius 1 is 1.35 bits per heavy atom. The third-order valence-electron chi connectivity index (χ3n) is 2.66. The molecule has 0 atom stereocenters. The lowest BCUT2D eigenvalue weighted by atomic mass is 9.94. The average Bonchev–Trinajstić information content (AvgIpc) is 2.35. The summed E-state index contributed by atoms with van der Waals surface area (Å²) >= 11 is 11.7. The van der Waals surface area contributed by atoms with E-state index in [-0.39, 0.29) is 12.5 Å². The van der Waals surface area contributed by atoms with Crippen LogP contribution in [0.4, 0.5) is 0 Å². The van der Waals surface area contributed by atoms with E-state index >= 15 is 0 Å². The molecule has 0 aromatic heterocycles. The zero-order valence-electron chi connectivity index (χ0n) is 11.1. The number of nitrogens with one attached hydrogen (secondary N) is 1. The molecule has 1 rings (SSSR count). The van der Waals surface area contributed by atoms with Crippen LogP contribution in [0.15, 0.2) is 24.3 Å². The molecule has 2 N–H and O–H groups in total. The number of carbonyl (C=O) groups is 2. The molecule has 1 amide bonds. The zero-order chi connectivity index (χ0) is 15.3. The highest BCUT2D eigenvalue weighted by molar-refractivity contribution is 6.35. The summed E-state index contributed by atoms with van der Waals surface area (Å²) in [6, 6.07) is 4.93. The summed E-state index contributed by atoms with van der Waals surface area (Å²) in [5.41, 5.74) is -0.356. The number of hydrogen-bond acceptors (Lipinski definition) is 2. The molecule has 0 heterocycles. The Hall–Kier alpha value is -1.52. The fraction of sp³-hybridized carbons (Fsp3) is 0.286. The van der Waals surface area contributed by atoms with Crippen LogP contribution in [-0.2, 0) is 9.59 Å². The third-order valence-corrected chi connectivity index (χ3v) is 3.22. The Kier molecular flexibility index (Phi) is 5.60. The van der Waals surface area contributed by atoms with Crippen molar-refractivity contribution in [3.05, 3.63) is 39.9 Å². The van der Waals surface area contributed by atoms with Crippen molar-refractivity contribution in [2.75, 3.05) is 6.54 Å². The average molecular weight is 316 g/mol. The molecule has 0 spiro atoms. The van der Waals surface area contributed by atoms with Crippen molar-refractivity contribution in [2.45, 2.75) is 13.8 Å². The Morgan fingerprint density at radius 2 is 2.00 bits per heavy atom. The second-order valence-corrected chi connectivity index (χ2v) is 5.75. The third kappa shape index (κ3) is 4.87. The number of carboxylic acid groups (broad SMARTS) is 1. The fourth-order valence-corrected chi connectivity index (χ4v) is 1.72. The molecular formula is C14H15Cl2NO3. The molecule has 0 radical (unpaired) electrons. The summed E-state index contributed by atoms with van der Waals surface area (Å²) in [5, 5.41) is 12.4. The maximum Gasteiger partial charge on any atom is 0.310 e. The summed E-state index contributed by atoms with van der Waals surface area (Å²) in [6.45, 7) is 3.12. The summed E-state index contributed by atoms with van der Waals surface area (Å²) in [4.78, 5) is 22.5. The van der Waals surface area contributed by atoms with Crippen LogP contribution in [0.5, 0.6) is 0 Å². The van der Waals surface area contributed by atoms with Gasteiger partial charge in [0.25, 0.3) is 0 Å². The minimum absolute atomic E-state index is 0.0415. The number of amides is 1. The van der Waals surface area contributed by atoms with Crippen LogP contribution < -0.4 is 5.32 Å². The molecule has 6 heteroatoms. The number of halogens is 2. The van der Waals surface area contributed by atoms with Gasteiger partial charge in [-0.15, -0.1) is 0 Å². The molecule has 0 aliphatic rings. The van der Waals surface area contributed by atoms with Crippen molar-refractivity contribution in [3.63, 3.8) is 0 Å². The van der Waals surface area contributed by atoms with Gasteiger partial charge in [-0.3, -0.25) is 9.59 Å². The van der Waals surface area contributed by atoms with Crippen LogP contribution in [0.25, 0.3) is 6.08 Å². The molecule has 0 bridgehead atoms. The van der Waals surface area contributed by atoms with Gasteiger partial charge in [-0.1, -0.05) is 29.3 Å². The first-order chi connectivity index (χ1) is 9.22. The molecule has 0 saturated heterocycles. The highest BCUT2D eigenvalue weighted by Gasteiger charge is 2.27. The summed E-state index contributed by atoms with van der Waals surface area (Å²) < 4.78 is 0. The van der Waals surface area contributed by atoms with Gasteiger partial charge >= 0.3 is 5.97 Å². The van der Waals surface area contributed by atoms with Gasteiger partial charge in [-0.25, -0.2) is 0 Å². The lowest BCUT2D eigenvalue weighted by molar-refractivity contribution is -0.146. The number of hydrogen-bond donors (Lipinski definition) is 2. The van der Waals surface area contributed by atoms with Crippen LogP contribution in [-0.4, -0.2) is 23.5 Å². The first-order valence-corrected chi connectivity index (χ1v) is 6.62. The van der Waals surface area contributed by atoms with Crippen LogP contribution in [0.2, 0.25) is 10.0 Å².